The molecule has 1 aromatic rings. The Bertz CT molecular complexity index is 700. The number of H-pyrrole nitrogens is 1. The molecule has 5 nitrogen and oxygen atoms in total. The van der Waals surface area contributed by atoms with E-state index in [0.717, 1.165) is 15.7 Å². The van der Waals surface area contributed by atoms with Crippen LogP contribution < -0.4 is 4.74 Å². The lowest BCUT2D eigenvalue weighted by Gasteiger charge is -2.10. The number of fused-ring (bicyclic) bond motifs is 1. The van der Waals surface area contributed by atoms with Gasteiger partial charge in [-0.25, -0.2) is 4.98 Å². The number of rotatable bonds is 5. The minimum atomic E-state index is 0.374. The highest BCUT2D eigenvalue weighted by atomic mass is 79.9. The maximum Gasteiger partial charge on any atom is 0.243 e. The number of benzene rings is 1. The van der Waals surface area contributed by atoms with Crippen molar-refractivity contribution in [3.8, 4) is 17.3 Å². The molecule has 0 aromatic heterocycles. The van der Waals surface area contributed by atoms with Crippen LogP contribution in [0.5, 0.6) is 5.88 Å². The predicted molar refractivity (Wildman–Crippen MR) is 82.2 cm³/mol. The summed E-state index contributed by atoms with van der Waals surface area (Å²) in [6.07, 6.45) is 1.72. The number of hydrogen-bond donors (Lipinski definition) is 1. The molecule has 0 radical (unpaired) electrons. The summed E-state index contributed by atoms with van der Waals surface area (Å²) in [6.45, 7) is 0.913. The zero-order valence-corrected chi connectivity index (χ0v) is 13.1. The van der Waals surface area contributed by atoms with Crippen LogP contribution in [0.15, 0.2) is 41.0 Å². The smallest absolute Gasteiger partial charge is 0.243 e. The second-order valence-corrected chi connectivity index (χ2v) is 5.36. The molecule has 0 unspecified atom stereocenters. The molecule has 0 fully saturated rings. The van der Waals surface area contributed by atoms with E-state index >= 15 is 0 Å². The Hall–Kier alpha value is -1.92. The molecule has 108 valence electrons. The molecule has 0 bridgehead atoms. The van der Waals surface area contributed by atoms with Crippen molar-refractivity contribution >= 4 is 15.9 Å². The monoisotopic (exact) mass is 347 g/mol. The van der Waals surface area contributed by atoms with Gasteiger partial charge >= 0.3 is 0 Å². The third-order valence-corrected chi connectivity index (χ3v) is 3.64. The van der Waals surface area contributed by atoms with Gasteiger partial charge in [-0.05, 0) is 21.5 Å². The third kappa shape index (κ3) is 3.06. The predicted octanol–water partition coefficient (Wildman–Crippen LogP) is 3.40. The van der Waals surface area contributed by atoms with Crippen molar-refractivity contribution in [2.45, 2.75) is 13.2 Å². The van der Waals surface area contributed by atoms with Gasteiger partial charge in [0.2, 0.25) is 5.88 Å². The molecule has 6 heteroatoms. The number of ether oxygens (including phenoxy) is 2. The van der Waals surface area contributed by atoms with Crippen molar-refractivity contribution in [2.75, 3.05) is 7.11 Å². The van der Waals surface area contributed by atoms with Gasteiger partial charge in [0.15, 0.2) is 0 Å². The first-order valence-electron chi connectivity index (χ1n) is 6.46. The van der Waals surface area contributed by atoms with Crippen LogP contribution >= 0.6 is 15.9 Å². The van der Waals surface area contributed by atoms with E-state index in [9.17, 15) is 0 Å². The summed E-state index contributed by atoms with van der Waals surface area (Å²) in [5.41, 5.74) is 2.69. The molecule has 0 spiro atoms. The zero-order chi connectivity index (χ0) is 14.7. The van der Waals surface area contributed by atoms with E-state index in [4.69, 9.17) is 9.47 Å². The number of halogens is 1. The number of nitrogens with zero attached hydrogens (tertiary/aromatic N) is 2. The van der Waals surface area contributed by atoms with Gasteiger partial charge in [0.05, 0.1) is 23.9 Å². The van der Waals surface area contributed by atoms with E-state index in [2.05, 4.69) is 30.9 Å². The van der Waals surface area contributed by atoms with Crippen LogP contribution in [-0.2, 0) is 18.0 Å². The molecule has 0 saturated carbocycles. The van der Waals surface area contributed by atoms with Crippen molar-refractivity contribution in [3.63, 3.8) is 0 Å². The normalized spacial score (nSPS) is 11.0. The minimum absolute atomic E-state index is 0.374. The Morgan fingerprint density at radius 2 is 2.00 bits per heavy atom. The molecule has 2 aliphatic rings. The van der Waals surface area contributed by atoms with Crippen molar-refractivity contribution in [1.29, 1.82) is 0 Å². The Kier molecular flexibility index (Phi) is 4.17. The first-order valence-corrected chi connectivity index (χ1v) is 7.26. The minimum Gasteiger partial charge on any atom is -0.479 e. The van der Waals surface area contributed by atoms with Crippen molar-refractivity contribution in [2.24, 2.45) is 0 Å². The third-order valence-electron chi connectivity index (χ3n) is 3.03. The van der Waals surface area contributed by atoms with Gasteiger partial charge in [-0.2, -0.15) is 4.98 Å². The molecule has 1 aromatic carbocycles. The fourth-order valence-electron chi connectivity index (χ4n) is 2.04. The van der Waals surface area contributed by atoms with Gasteiger partial charge in [-0.15, -0.1) is 0 Å². The molecule has 0 atom stereocenters. The van der Waals surface area contributed by atoms with Crippen LogP contribution in [0.3, 0.4) is 0 Å². The number of methoxy groups -OCH3 is 1. The Morgan fingerprint density at radius 3 is 2.76 bits per heavy atom. The summed E-state index contributed by atoms with van der Waals surface area (Å²) in [7, 11) is 1.58. The van der Waals surface area contributed by atoms with E-state index in [1.54, 1.807) is 13.3 Å². The van der Waals surface area contributed by atoms with Gasteiger partial charge in [-0.3, -0.25) is 0 Å². The molecule has 3 rings (SSSR count). The molecular weight excluding hydrogens is 334 g/mol. The lowest BCUT2D eigenvalue weighted by molar-refractivity contribution is 0.101. The number of aromatic amines is 1. The molecule has 1 N–H and O–H groups in total. The first kappa shape index (κ1) is 14.0. The van der Waals surface area contributed by atoms with Crippen LogP contribution in [-0.4, -0.2) is 22.1 Å². The first-order chi connectivity index (χ1) is 10.3. The number of nitrogens with one attached hydrogen (secondary N) is 1. The highest BCUT2D eigenvalue weighted by molar-refractivity contribution is 9.10. The molecule has 21 heavy (non-hydrogen) atoms. The SMILES string of the molecule is COc1nc(COCc2ccccc2)[nH]c2c(Br)cnc1-2. The summed E-state index contributed by atoms with van der Waals surface area (Å²) in [5.74, 6) is 1.19. The van der Waals surface area contributed by atoms with E-state index in [1.165, 1.54) is 0 Å². The van der Waals surface area contributed by atoms with Crippen LogP contribution in [0.4, 0.5) is 0 Å². The number of aromatic nitrogens is 3. The second kappa shape index (κ2) is 6.24. The molecule has 2 aliphatic heterocycles. The number of hydrogen-bond acceptors (Lipinski definition) is 4. The van der Waals surface area contributed by atoms with E-state index in [0.29, 0.717) is 30.6 Å². The summed E-state index contributed by atoms with van der Waals surface area (Å²) >= 11 is 3.45. The summed E-state index contributed by atoms with van der Waals surface area (Å²) < 4.78 is 11.8. The maximum absolute atomic E-state index is 5.69. The van der Waals surface area contributed by atoms with Crippen LogP contribution in [0.25, 0.3) is 11.4 Å². The lowest BCUT2D eigenvalue weighted by Crippen LogP contribution is -2.04. The van der Waals surface area contributed by atoms with Gasteiger partial charge in [-0.1, -0.05) is 30.3 Å². The van der Waals surface area contributed by atoms with Gasteiger partial charge < -0.3 is 14.5 Å². The van der Waals surface area contributed by atoms with E-state index < -0.39 is 0 Å². The van der Waals surface area contributed by atoms with E-state index in [-0.39, 0.29) is 0 Å². The molecular formula is C15H14BrN3O2. The van der Waals surface area contributed by atoms with Gasteiger partial charge in [0, 0.05) is 6.20 Å². The van der Waals surface area contributed by atoms with E-state index in [1.807, 2.05) is 30.3 Å². The Balaban J connectivity index is 1.75. The maximum atomic E-state index is 5.69. The fraction of sp³-hybridized carbons (Fsp3) is 0.200. The molecule has 0 aliphatic carbocycles. The Labute approximate surface area is 130 Å². The summed E-state index contributed by atoms with van der Waals surface area (Å²) in [5, 5.41) is 0. The Morgan fingerprint density at radius 1 is 1.19 bits per heavy atom. The average molecular weight is 348 g/mol. The molecule has 2 heterocycles. The van der Waals surface area contributed by atoms with Gasteiger partial charge in [0.1, 0.15) is 18.1 Å². The highest BCUT2D eigenvalue weighted by Gasteiger charge is 2.18. The van der Waals surface area contributed by atoms with Crippen molar-refractivity contribution in [3.05, 3.63) is 52.4 Å². The van der Waals surface area contributed by atoms with Crippen molar-refractivity contribution in [1.82, 2.24) is 15.0 Å². The zero-order valence-electron chi connectivity index (χ0n) is 11.5. The van der Waals surface area contributed by atoms with Crippen LogP contribution in [0.1, 0.15) is 11.4 Å². The second-order valence-electron chi connectivity index (χ2n) is 4.50. The fourth-order valence-corrected chi connectivity index (χ4v) is 2.43. The molecule has 0 saturated heterocycles. The lowest BCUT2D eigenvalue weighted by atomic mass is 10.2. The standard InChI is InChI=1S/C15H14BrN3O2/c1-20-15-14-13(11(16)7-17-14)18-12(19-15)9-21-8-10-5-3-2-4-6-10/h2-7H,8-9H2,1H3,(H,18,19). The van der Waals surface area contributed by atoms with Crippen LogP contribution in [0.2, 0.25) is 0 Å². The summed E-state index contributed by atoms with van der Waals surface area (Å²) in [4.78, 5) is 11.8. The quantitative estimate of drug-likeness (QED) is 0.768. The highest BCUT2D eigenvalue weighted by Crippen LogP contribution is 2.33. The van der Waals surface area contributed by atoms with Crippen molar-refractivity contribution < 1.29 is 9.47 Å². The molecule has 0 amide bonds. The average Bonchev–Trinajstić information content (AvgIpc) is 2.89. The topological polar surface area (TPSA) is 60.0 Å². The largest absolute Gasteiger partial charge is 0.479 e. The summed E-state index contributed by atoms with van der Waals surface area (Å²) in [6, 6.07) is 10.0. The van der Waals surface area contributed by atoms with Gasteiger partial charge in [0.25, 0.3) is 0 Å². The van der Waals surface area contributed by atoms with Crippen LogP contribution in [0, 0.1) is 0 Å².